The molecular weight excluding hydrogens is 252 g/mol. The minimum absolute atomic E-state index is 0.0972. The number of imidazole rings is 1. The highest BCUT2D eigenvalue weighted by molar-refractivity contribution is 7.91. The SMILES string of the molecule is CC(C)n1ccnc1S(=O)(=O)CCC1CCCO1. The van der Waals surface area contributed by atoms with E-state index in [4.69, 9.17) is 4.74 Å². The molecule has 0 bridgehead atoms. The van der Waals surface area contributed by atoms with Crippen LogP contribution in [0.4, 0.5) is 0 Å². The minimum atomic E-state index is -3.31. The Bertz CT molecular complexity index is 487. The zero-order chi connectivity index (χ0) is 13.2. The summed E-state index contributed by atoms with van der Waals surface area (Å²) in [6.07, 6.45) is 5.91. The van der Waals surface area contributed by atoms with Gasteiger partial charge in [-0.2, -0.15) is 0 Å². The zero-order valence-electron chi connectivity index (χ0n) is 10.9. The standard InChI is InChI=1S/C12H20N2O3S/c1-10(2)14-7-6-13-12(14)18(15,16)9-5-11-4-3-8-17-11/h6-7,10-11H,3-5,8-9H2,1-2H3. The summed E-state index contributed by atoms with van der Waals surface area (Å²) in [5.41, 5.74) is 0. The fourth-order valence-corrected chi connectivity index (χ4v) is 3.75. The second kappa shape index (κ2) is 5.40. The molecular formula is C12H20N2O3S. The lowest BCUT2D eigenvalue weighted by Crippen LogP contribution is -2.18. The van der Waals surface area contributed by atoms with Crippen LogP contribution in [0, 0.1) is 0 Å². The number of nitrogens with zero attached hydrogens (tertiary/aromatic N) is 2. The molecule has 0 spiro atoms. The fourth-order valence-electron chi connectivity index (χ4n) is 2.18. The van der Waals surface area contributed by atoms with Gasteiger partial charge in [-0.1, -0.05) is 0 Å². The van der Waals surface area contributed by atoms with Crippen molar-refractivity contribution in [2.75, 3.05) is 12.4 Å². The predicted octanol–water partition coefficient (Wildman–Crippen LogP) is 1.81. The smallest absolute Gasteiger partial charge is 0.227 e. The molecule has 0 N–H and O–H groups in total. The summed E-state index contributed by atoms with van der Waals surface area (Å²) >= 11 is 0. The van der Waals surface area contributed by atoms with Crippen LogP contribution in [-0.4, -0.2) is 36.4 Å². The Kier molecular flexibility index (Phi) is 4.07. The van der Waals surface area contributed by atoms with Gasteiger partial charge in [0.2, 0.25) is 15.0 Å². The maximum Gasteiger partial charge on any atom is 0.227 e. The molecule has 102 valence electrons. The molecule has 1 atom stereocenters. The molecule has 6 heteroatoms. The van der Waals surface area contributed by atoms with Gasteiger partial charge in [0, 0.05) is 25.0 Å². The topological polar surface area (TPSA) is 61.2 Å². The highest BCUT2D eigenvalue weighted by Gasteiger charge is 2.24. The van der Waals surface area contributed by atoms with Crippen molar-refractivity contribution < 1.29 is 13.2 Å². The van der Waals surface area contributed by atoms with E-state index in [-0.39, 0.29) is 23.1 Å². The van der Waals surface area contributed by atoms with Gasteiger partial charge >= 0.3 is 0 Å². The number of sulfone groups is 1. The van der Waals surface area contributed by atoms with Crippen molar-refractivity contribution in [1.29, 1.82) is 0 Å². The van der Waals surface area contributed by atoms with Crippen molar-refractivity contribution in [1.82, 2.24) is 9.55 Å². The Labute approximate surface area is 108 Å². The van der Waals surface area contributed by atoms with Crippen molar-refractivity contribution in [3.63, 3.8) is 0 Å². The van der Waals surface area contributed by atoms with Crippen molar-refractivity contribution in [2.24, 2.45) is 0 Å². The Morgan fingerprint density at radius 1 is 1.56 bits per heavy atom. The van der Waals surface area contributed by atoms with Gasteiger partial charge in [0.15, 0.2) is 0 Å². The molecule has 0 aliphatic carbocycles. The molecule has 18 heavy (non-hydrogen) atoms. The maximum absolute atomic E-state index is 12.2. The van der Waals surface area contributed by atoms with Crippen LogP contribution in [0.1, 0.15) is 39.2 Å². The van der Waals surface area contributed by atoms with Crippen LogP contribution < -0.4 is 0 Å². The molecule has 1 saturated heterocycles. The van der Waals surface area contributed by atoms with Crippen LogP contribution in [0.5, 0.6) is 0 Å². The maximum atomic E-state index is 12.2. The van der Waals surface area contributed by atoms with Crippen molar-refractivity contribution >= 4 is 9.84 Å². The summed E-state index contributed by atoms with van der Waals surface area (Å²) in [4.78, 5) is 3.99. The van der Waals surface area contributed by atoms with Gasteiger partial charge in [0.1, 0.15) is 0 Å². The molecule has 5 nitrogen and oxygen atoms in total. The van der Waals surface area contributed by atoms with Crippen LogP contribution in [0.2, 0.25) is 0 Å². The largest absolute Gasteiger partial charge is 0.378 e. The second-order valence-electron chi connectivity index (χ2n) is 4.95. The van der Waals surface area contributed by atoms with Gasteiger partial charge in [-0.3, -0.25) is 0 Å². The molecule has 0 amide bonds. The van der Waals surface area contributed by atoms with Gasteiger partial charge in [-0.15, -0.1) is 0 Å². The molecule has 1 aliphatic heterocycles. The highest BCUT2D eigenvalue weighted by Crippen LogP contribution is 2.20. The first-order valence-corrected chi connectivity index (χ1v) is 8.03. The van der Waals surface area contributed by atoms with Gasteiger partial charge in [-0.25, -0.2) is 13.4 Å². The van der Waals surface area contributed by atoms with Gasteiger partial charge in [-0.05, 0) is 33.1 Å². The van der Waals surface area contributed by atoms with Crippen molar-refractivity contribution in [3.8, 4) is 0 Å². The van der Waals surface area contributed by atoms with Gasteiger partial charge in [0.25, 0.3) is 0 Å². The van der Waals surface area contributed by atoms with Gasteiger partial charge < -0.3 is 9.30 Å². The molecule has 0 radical (unpaired) electrons. The molecule has 2 rings (SSSR count). The van der Waals surface area contributed by atoms with E-state index in [9.17, 15) is 8.42 Å². The van der Waals surface area contributed by atoms with E-state index in [0.717, 1.165) is 19.4 Å². The molecule has 1 aromatic heterocycles. The molecule has 1 aliphatic rings. The summed E-state index contributed by atoms with van der Waals surface area (Å²) in [5, 5.41) is 0.176. The summed E-state index contributed by atoms with van der Waals surface area (Å²) < 4.78 is 31.6. The third-order valence-corrected chi connectivity index (χ3v) is 4.85. The number of hydrogen-bond acceptors (Lipinski definition) is 4. The highest BCUT2D eigenvalue weighted by atomic mass is 32.2. The summed E-state index contributed by atoms with van der Waals surface area (Å²) in [6.45, 7) is 4.65. The third kappa shape index (κ3) is 2.92. The molecule has 1 aromatic rings. The Hall–Kier alpha value is -0.880. The lowest BCUT2D eigenvalue weighted by molar-refractivity contribution is 0.109. The second-order valence-corrected chi connectivity index (χ2v) is 6.96. The lowest BCUT2D eigenvalue weighted by Gasteiger charge is -2.13. The van der Waals surface area contributed by atoms with E-state index in [1.54, 1.807) is 17.0 Å². The molecule has 0 aromatic carbocycles. The number of ether oxygens (including phenoxy) is 1. The first-order chi connectivity index (χ1) is 8.50. The molecule has 2 heterocycles. The number of aromatic nitrogens is 2. The van der Waals surface area contributed by atoms with Crippen LogP contribution in [0.15, 0.2) is 17.6 Å². The molecule has 0 saturated carbocycles. The summed E-state index contributed by atoms with van der Waals surface area (Å²) in [6, 6.07) is 0.0972. The van der Waals surface area contributed by atoms with E-state index in [1.807, 2.05) is 13.8 Å². The predicted molar refractivity (Wildman–Crippen MR) is 68.3 cm³/mol. The summed E-state index contributed by atoms with van der Waals surface area (Å²) in [5.74, 6) is 0.113. The van der Waals surface area contributed by atoms with Crippen LogP contribution >= 0.6 is 0 Å². The number of rotatable bonds is 5. The first kappa shape index (κ1) is 13.5. The average Bonchev–Trinajstić information content (AvgIpc) is 2.98. The minimum Gasteiger partial charge on any atom is -0.378 e. The number of hydrogen-bond donors (Lipinski definition) is 0. The lowest BCUT2D eigenvalue weighted by atomic mass is 10.2. The normalized spacial score (nSPS) is 20.7. The first-order valence-electron chi connectivity index (χ1n) is 6.38. The van der Waals surface area contributed by atoms with Crippen molar-refractivity contribution in [3.05, 3.63) is 12.4 Å². The Morgan fingerprint density at radius 2 is 2.33 bits per heavy atom. The van der Waals surface area contributed by atoms with Crippen LogP contribution in [-0.2, 0) is 14.6 Å². The van der Waals surface area contributed by atoms with E-state index < -0.39 is 9.84 Å². The fraction of sp³-hybridized carbons (Fsp3) is 0.750. The average molecular weight is 272 g/mol. The Morgan fingerprint density at radius 3 is 2.94 bits per heavy atom. The molecule has 1 fully saturated rings. The van der Waals surface area contributed by atoms with Crippen LogP contribution in [0.25, 0.3) is 0 Å². The monoisotopic (exact) mass is 272 g/mol. The van der Waals surface area contributed by atoms with Gasteiger partial charge in [0.05, 0.1) is 11.9 Å². The zero-order valence-corrected chi connectivity index (χ0v) is 11.7. The third-order valence-electron chi connectivity index (χ3n) is 3.20. The van der Waals surface area contributed by atoms with E-state index >= 15 is 0 Å². The van der Waals surface area contributed by atoms with Crippen LogP contribution in [0.3, 0.4) is 0 Å². The van der Waals surface area contributed by atoms with Crippen molar-refractivity contribution in [2.45, 2.75) is 50.4 Å². The van der Waals surface area contributed by atoms with E-state index in [0.29, 0.717) is 6.42 Å². The Balaban J connectivity index is 2.07. The summed E-state index contributed by atoms with van der Waals surface area (Å²) in [7, 11) is -3.31. The molecule has 1 unspecified atom stereocenters. The quantitative estimate of drug-likeness (QED) is 0.820. The van der Waals surface area contributed by atoms with E-state index in [1.165, 1.54) is 0 Å². The van der Waals surface area contributed by atoms with E-state index in [2.05, 4.69) is 4.98 Å².